The lowest BCUT2D eigenvalue weighted by atomic mass is 10.2. The monoisotopic (exact) mass is 194 g/mol. The number of hydrogen-bond donors (Lipinski definition) is 0. The summed E-state index contributed by atoms with van der Waals surface area (Å²) in [5.74, 6) is 6.15. The first kappa shape index (κ1) is 9.42. The summed E-state index contributed by atoms with van der Waals surface area (Å²) in [4.78, 5) is 8.05. The fourth-order valence-electron chi connectivity index (χ4n) is 1.20. The first-order chi connectivity index (χ1) is 7.34. The first-order valence-corrected chi connectivity index (χ1v) is 4.69. The van der Waals surface area contributed by atoms with Crippen LogP contribution in [-0.2, 0) is 0 Å². The molecule has 0 saturated heterocycles. The van der Waals surface area contributed by atoms with Crippen molar-refractivity contribution in [1.29, 1.82) is 0 Å². The van der Waals surface area contributed by atoms with Crippen LogP contribution in [0.4, 0.5) is 0 Å². The van der Waals surface area contributed by atoms with Crippen molar-refractivity contribution < 1.29 is 0 Å². The van der Waals surface area contributed by atoms with Gasteiger partial charge in [-0.05, 0) is 31.2 Å². The van der Waals surface area contributed by atoms with Crippen molar-refractivity contribution in [2.24, 2.45) is 0 Å². The number of pyridine rings is 2. The SMILES string of the molecule is Cc1cc(C#Cc2ccncc2)ccn1. The van der Waals surface area contributed by atoms with E-state index < -0.39 is 0 Å². The number of rotatable bonds is 0. The highest BCUT2D eigenvalue weighted by Gasteiger charge is 1.88. The molecule has 0 spiro atoms. The fraction of sp³-hybridized carbons (Fsp3) is 0.0769. The van der Waals surface area contributed by atoms with E-state index in [0.717, 1.165) is 16.8 Å². The average Bonchev–Trinajstić information content (AvgIpc) is 2.28. The molecule has 2 heteroatoms. The van der Waals surface area contributed by atoms with Crippen LogP contribution in [0.1, 0.15) is 16.8 Å². The standard InChI is InChI=1S/C13H10N2/c1-11-10-13(6-9-15-11)3-2-12-4-7-14-8-5-12/h4-10H,1H3. The lowest BCUT2D eigenvalue weighted by Crippen LogP contribution is -1.81. The van der Waals surface area contributed by atoms with Crippen molar-refractivity contribution in [3.05, 3.63) is 59.7 Å². The zero-order chi connectivity index (χ0) is 10.5. The summed E-state index contributed by atoms with van der Waals surface area (Å²) in [5, 5.41) is 0. The molecule has 0 unspecified atom stereocenters. The second-order valence-electron chi connectivity index (χ2n) is 3.17. The van der Waals surface area contributed by atoms with Crippen molar-refractivity contribution in [2.75, 3.05) is 0 Å². The van der Waals surface area contributed by atoms with Crippen LogP contribution in [0.15, 0.2) is 42.9 Å². The molecule has 2 rings (SSSR count). The van der Waals surface area contributed by atoms with E-state index in [1.807, 2.05) is 31.2 Å². The second kappa shape index (κ2) is 4.39. The van der Waals surface area contributed by atoms with Crippen molar-refractivity contribution in [3.8, 4) is 11.8 Å². The minimum atomic E-state index is 0.972. The minimum Gasteiger partial charge on any atom is -0.265 e. The van der Waals surface area contributed by atoms with Gasteiger partial charge in [0, 0.05) is 35.4 Å². The fourth-order valence-corrected chi connectivity index (χ4v) is 1.20. The van der Waals surface area contributed by atoms with E-state index in [1.165, 1.54) is 0 Å². The highest BCUT2D eigenvalue weighted by molar-refractivity contribution is 5.41. The van der Waals surface area contributed by atoms with Gasteiger partial charge in [-0.3, -0.25) is 9.97 Å². The molecule has 15 heavy (non-hydrogen) atoms. The van der Waals surface area contributed by atoms with Gasteiger partial charge in [0.15, 0.2) is 0 Å². The molecule has 0 radical (unpaired) electrons. The van der Waals surface area contributed by atoms with Gasteiger partial charge in [-0.2, -0.15) is 0 Å². The molecule has 2 aromatic rings. The summed E-state index contributed by atoms with van der Waals surface area (Å²) in [6, 6.07) is 7.65. The summed E-state index contributed by atoms with van der Waals surface area (Å²) in [6.45, 7) is 1.96. The molecular formula is C13H10N2. The Morgan fingerprint density at radius 1 is 0.933 bits per heavy atom. The van der Waals surface area contributed by atoms with Crippen molar-refractivity contribution in [3.63, 3.8) is 0 Å². The first-order valence-electron chi connectivity index (χ1n) is 4.69. The lowest BCUT2D eigenvalue weighted by Gasteiger charge is -1.91. The van der Waals surface area contributed by atoms with Crippen LogP contribution < -0.4 is 0 Å². The third-order valence-corrected chi connectivity index (χ3v) is 1.93. The van der Waals surface area contributed by atoms with Crippen LogP contribution >= 0.6 is 0 Å². The zero-order valence-electron chi connectivity index (χ0n) is 8.44. The van der Waals surface area contributed by atoms with E-state index in [0.29, 0.717) is 0 Å². The molecule has 0 aliphatic heterocycles. The third-order valence-electron chi connectivity index (χ3n) is 1.93. The van der Waals surface area contributed by atoms with Crippen LogP contribution in [0.5, 0.6) is 0 Å². The predicted molar refractivity (Wildman–Crippen MR) is 59.2 cm³/mol. The summed E-state index contributed by atoms with van der Waals surface area (Å²) in [7, 11) is 0. The normalized spacial score (nSPS) is 9.13. The topological polar surface area (TPSA) is 25.8 Å². The Balaban J connectivity index is 2.26. The molecule has 2 nitrogen and oxygen atoms in total. The van der Waals surface area contributed by atoms with Crippen LogP contribution in [0.3, 0.4) is 0 Å². The maximum absolute atomic E-state index is 4.12. The molecule has 2 aromatic heterocycles. The van der Waals surface area contributed by atoms with Gasteiger partial charge in [0.1, 0.15) is 0 Å². The molecule has 0 aliphatic rings. The van der Waals surface area contributed by atoms with Crippen molar-refractivity contribution >= 4 is 0 Å². The lowest BCUT2D eigenvalue weighted by molar-refractivity contribution is 1.19. The van der Waals surface area contributed by atoms with E-state index in [4.69, 9.17) is 0 Å². The summed E-state index contributed by atoms with van der Waals surface area (Å²) < 4.78 is 0. The molecule has 0 atom stereocenters. The average molecular weight is 194 g/mol. The molecule has 72 valence electrons. The van der Waals surface area contributed by atoms with E-state index in [1.54, 1.807) is 18.6 Å². The number of nitrogens with zero attached hydrogens (tertiary/aromatic N) is 2. The maximum Gasteiger partial charge on any atom is 0.0385 e. The van der Waals surface area contributed by atoms with Gasteiger partial charge >= 0.3 is 0 Å². The highest BCUT2D eigenvalue weighted by atomic mass is 14.6. The van der Waals surface area contributed by atoms with E-state index in [2.05, 4.69) is 21.8 Å². The van der Waals surface area contributed by atoms with E-state index in [-0.39, 0.29) is 0 Å². The molecule has 0 bridgehead atoms. The Morgan fingerprint density at radius 3 is 2.33 bits per heavy atom. The van der Waals surface area contributed by atoms with Gasteiger partial charge in [0.05, 0.1) is 0 Å². The zero-order valence-corrected chi connectivity index (χ0v) is 8.44. The quantitative estimate of drug-likeness (QED) is 0.601. The number of aromatic nitrogens is 2. The largest absolute Gasteiger partial charge is 0.265 e. The molecule has 0 aromatic carbocycles. The molecule has 0 aliphatic carbocycles. The Kier molecular flexibility index (Phi) is 2.75. The molecule has 2 heterocycles. The second-order valence-corrected chi connectivity index (χ2v) is 3.17. The van der Waals surface area contributed by atoms with E-state index >= 15 is 0 Å². The van der Waals surface area contributed by atoms with Gasteiger partial charge in [-0.15, -0.1) is 0 Å². The Labute approximate surface area is 89.0 Å². The van der Waals surface area contributed by atoms with Crippen LogP contribution in [0.25, 0.3) is 0 Å². The summed E-state index contributed by atoms with van der Waals surface area (Å²) in [6.07, 6.45) is 5.25. The maximum atomic E-state index is 4.12. The molecule has 0 saturated carbocycles. The highest BCUT2D eigenvalue weighted by Crippen LogP contribution is 1.99. The summed E-state index contributed by atoms with van der Waals surface area (Å²) >= 11 is 0. The number of aryl methyl sites for hydroxylation is 1. The van der Waals surface area contributed by atoms with Gasteiger partial charge in [0.2, 0.25) is 0 Å². The Morgan fingerprint density at radius 2 is 1.60 bits per heavy atom. The van der Waals surface area contributed by atoms with Gasteiger partial charge in [0.25, 0.3) is 0 Å². The summed E-state index contributed by atoms with van der Waals surface area (Å²) in [5.41, 5.74) is 2.94. The van der Waals surface area contributed by atoms with Gasteiger partial charge in [-0.1, -0.05) is 11.8 Å². The van der Waals surface area contributed by atoms with Crippen LogP contribution in [0, 0.1) is 18.8 Å². The molecule has 0 amide bonds. The minimum absolute atomic E-state index is 0.972. The van der Waals surface area contributed by atoms with Crippen molar-refractivity contribution in [2.45, 2.75) is 6.92 Å². The van der Waals surface area contributed by atoms with E-state index in [9.17, 15) is 0 Å². The molecule has 0 N–H and O–H groups in total. The van der Waals surface area contributed by atoms with Gasteiger partial charge in [-0.25, -0.2) is 0 Å². The predicted octanol–water partition coefficient (Wildman–Crippen LogP) is 2.18. The molecule has 0 fully saturated rings. The Bertz CT molecular complexity index is 507. The Hall–Kier alpha value is -2.14. The van der Waals surface area contributed by atoms with Crippen LogP contribution in [-0.4, -0.2) is 9.97 Å². The molecular weight excluding hydrogens is 184 g/mol. The van der Waals surface area contributed by atoms with Gasteiger partial charge < -0.3 is 0 Å². The van der Waals surface area contributed by atoms with Crippen LogP contribution in [0.2, 0.25) is 0 Å². The smallest absolute Gasteiger partial charge is 0.0385 e. The number of hydrogen-bond acceptors (Lipinski definition) is 2. The van der Waals surface area contributed by atoms with Crippen molar-refractivity contribution in [1.82, 2.24) is 9.97 Å². The third kappa shape index (κ3) is 2.65.